The van der Waals surface area contributed by atoms with Gasteiger partial charge in [-0.1, -0.05) is 24.3 Å². The number of halogens is 1. The molecule has 0 aliphatic heterocycles. The van der Waals surface area contributed by atoms with Gasteiger partial charge in [0.2, 0.25) is 0 Å². The number of nitrogens with one attached hydrogen (secondary N) is 1. The number of rotatable bonds is 5. The zero-order valence-corrected chi connectivity index (χ0v) is 13.8. The molecular formula is C17H17FN4S. The van der Waals surface area contributed by atoms with Crippen LogP contribution in [0.25, 0.3) is 22.0 Å². The zero-order chi connectivity index (χ0) is 16.2. The Balaban J connectivity index is 1.92. The van der Waals surface area contributed by atoms with Crippen LogP contribution in [0, 0.1) is 12.7 Å². The second-order valence-electron chi connectivity index (χ2n) is 5.21. The number of hydrogen-bond donors (Lipinski definition) is 1. The van der Waals surface area contributed by atoms with Crippen LogP contribution in [0.2, 0.25) is 0 Å². The van der Waals surface area contributed by atoms with E-state index in [4.69, 9.17) is 0 Å². The van der Waals surface area contributed by atoms with Crippen molar-refractivity contribution in [1.29, 1.82) is 0 Å². The van der Waals surface area contributed by atoms with Crippen molar-refractivity contribution >= 4 is 16.5 Å². The highest BCUT2D eigenvalue weighted by Crippen LogP contribution is 2.29. The molecule has 0 saturated heterocycles. The molecule has 0 saturated carbocycles. The fourth-order valence-corrected chi connectivity index (χ4v) is 2.94. The van der Waals surface area contributed by atoms with Crippen molar-refractivity contribution in [2.24, 2.45) is 0 Å². The first-order chi connectivity index (χ1) is 11.2. The monoisotopic (exact) mass is 328 g/mol. The van der Waals surface area contributed by atoms with Gasteiger partial charge in [-0.25, -0.2) is 19.3 Å². The van der Waals surface area contributed by atoms with E-state index < -0.39 is 0 Å². The summed E-state index contributed by atoms with van der Waals surface area (Å²) in [6, 6.07) is 6.87. The van der Waals surface area contributed by atoms with E-state index in [0.717, 1.165) is 34.2 Å². The van der Waals surface area contributed by atoms with Crippen LogP contribution in [0.3, 0.4) is 0 Å². The summed E-state index contributed by atoms with van der Waals surface area (Å²) in [6.45, 7) is 4.84. The highest BCUT2D eigenvalue weighted by atomic mass is 32.1. The Hall–Kier alpha value is -2.34. The van der Waals surface area contributed by atoms with Crippen LogP contribution in [0.5, 0.6) is 0 Å². The average Bonchev–Trinajstić information content (AvgIpc) is 3.02. The summed E-state index contributed by atoms with van der Waals surface area (Å²) in [5.74, 6) is 0.0771. The molecule has 0 fully saturated rings. The summed E-state index contributed by atoms with van der Waals surface area (Å²) >= 11 is 1.53. The molecule has 0 amide bonds. The van der Waals surface area contributed by atoms with Gasteiger partial charge in [-0.15, -0.1) is 0 Å². The van der Waals surface area contributed by atoms with Gasteiger partial charge < -0.3 is 5.32 Å². The minimum atomic E-state index is -0.309. The number of hydrogen-bond acceptors (Lipinski definition) is 5. The highest BCUT2D eigenvalue weighted by Gasteiger charge is 2.11. The van der Waals surface area contributed by atoms with Crippen LogP contribution in [0.15, 0.2) is 36.7 Å². The third kappa shape index (κ3) is 3.53. The Labute approximate surface area is 138 Å². The van der Waals surface area contributed by atoms with E-state index in [-0.39, 0.29) is 5.82 Å². The summed E-state index contributed by atoms with van der Waals surface area (Å²) in [7, 11) is 0. The Morgan fingerprint density at radius 2 is 2.09 bits per heavy atom. The Bertz CT molecular complexity index is 816. The van der Waals surface area contributed by atoms with Crippen LogP contribution in [0.1, 0.15) is 18.9 Å². The topological polar surface area (TPSA) is 50.7 Å². The first kappa shape index (κ1) is 15.6. The van der Waals surface area contributed by atoms with Crippen molar-refractivity contribution in [3.63, 3.8) is 0 Å². The van der Waals surface area contributed by atoms with Crippen LogP contribution in [0.4, 0.5) is 9.52 Å². The van der Waals surface area contributed by atoms with E-state index >= 15 is 0 Å². The average molecular weight is 328 g/mol. The maximum Gasteiger partial charge on any atom is 0.183 e. The molecular weight excluding hydrogens is 311 g/mol. The molecule has 0 bridgehead atoms. The van der Waals surface area contributed by atoms with Crippen molar-refractivity contribution in [2.45, 2.75) is 20.3 Å². The van der Waals surface area contributed by atoms with Gasteiger partial charge in [0.15, 0.2) is 11.0 Å². The lowest BCUT2D eigenvalue weighted by Gasteiger charge is -2.04. The minimum absolute atomic E-state index is 0.309. The predicted octanol–water partition coefficient (Wildman–Crippen LogP) is 4.54. The summed E-state index contributed by atoms with van der Waals surface area (Å²) in [5.41, 5.74) is 2.03. The summed E-state index contributed by atoms with van der Waals surface area (Å²) in [6.07, 6.45) is 4.47. The Morgan fingerprint density at radius 3 is 2.87 bits per heavy atom. The lowest BCUT2D eigenvalue weighted by molar-refractivity contribution is 0.629. The summed E-state index contributed by atoms with van der Waals surface area (Å²) in [5, 5.41) is 4.11. The molecule has 1 aromatic carbocycles. The second kappa shape index (κ2) is 6.83. The zero-order valence-electron chi connectivity index (χ0n) is 13.0. The number of benzene rings is 1. The van der Waals surface area contributed by atoms with Crippen molar-refractivity contribution in [3.05, 3.63) is 48.0 Å². The number of thiazole rings is 1. The maximum absolute atomic E-state index is 14.1. The van der Waals surface area contributed by atoms with Gasteiger partial charge in [0.25, 0.3) is 0 Å². The van der Waals surface area contributed by atoms with Crippen LogP contribution < -0.4 is 5.32 Å². The van der Waals surface area contributed by atoms with Gasteiger partial charge in [0, 0.05) is 18.9 Å². The first-order valence-electron chi connectivity index (χ1n) is 7.47. The highest BCUT2D eigenvalue weighted by molar-refractivity contribution is 7.18. The molecule has 3 aromatic rings. The summed E-state index contributed by atoms with van der Waals surface area (Å²) in [4.78, 5) is 14.0. The van der Waals surface area contributed by atoms with E-state index in [0.29, 0.717) is 11.4 Å². The Kier molecular flexibility index (Phi) is 4.62. The van der Waals surface area contributed by atoms with E-state index in [2.05, 4.69) is 27.2 Å². The smallest absolute Gasteiger partial charge is 0.183 e. The van der Waals surface area contributed by atoms with Crippen LogP contribution >= 0.6 is 11.3 Å². The summed E-state index contributed by atoms with van der Waals surface area (Å²) < 4.78 is 14.1. The molecule has 0 aliphatic carbocycles. The molecule has 118 valence electrons. The minimum Gasteiger partial charge on any atom is -0.362 e. The van der Waals surface area contributed by atoms with Crippen molar-refractivity contribution in [1.82, 2.24) is 15.0 Å². The van der Waals surface area contributed by atoms with E-state index in [1.54, 1.807) is 18.5 Å². The Morgan fingerprint density at radius 1 is 1.22 bits per heavy atom. The largest absolute Gasteiger partial charge is 0.362 e. The quantitative estimate of drug-likeness (QED) is 0.747. The number of aryl methyl sites for hydroxylation is 1. The molecule has 0 radical (unpaired) electrons. The van der Waals surface area contributed by atoms with Gasteiger partial charge in [0.1, 0.15) is 5.82 Å². The molecule has 0 spiro atoms. The van der Waals surface area contributed by atoms with Gasteiger partial charge >= 0.3 is 0 Å². The van der Waals surface area contributed by atoms with Gasteiger partial charge in [0.05, 0.1) is 16.1 Å². The molecule has 3 rings (SSSR count). The normalized spacial score (nSPS) is 10.7. The molecule has 6 heteroatoms. The molecule has 0 aliphatic rings. The maximum atomic E-state index is 14.1. The second-order valence-corrected chi connectivity index (χ2v) is 6.24. The predicted molar refractivity (Wildman–Crippen MR) is 92.1 cm³/mol. The first-order valence-corrected chi connectivity index (χ1v) is 8.28. The molecule has 23 heavy (non-hydrogen) atoms. The van der Waals surface area contributed by atoms with Gasteiger partial charge in [-0.05, 0) is 37.1 Å². The SMILES string of the molecule is CCCNc1ncc(-c2ccnc(-c3ccc(C)cc3F)n2)s1. The molecule has 4 nitrogen and oxygen atoms in total. The van der Waals surface area contributed by atoms with E-state index in [1.165, 1.54) is 17.4 Å². The third-order valence-electron chi connectivity index (χ3n) is 3.31. The van der Waals surface area contributed by atoms with Gasteiger partial charge in [-0.3, -0.25) is 0 Å². The van der Waals surface area contributed by atoms with Crippen LogP contribution in [-0.2, 0) is 0 Å². The van der Waals surface area contributed by atoms with Crippen molar-refractivity contribution in [3.8, 4) is 22.0 Å². The van der Waals surface area contributed by atoms with Crippen molar-refractivity contribution in [2.75, 3.05) is 11.9 Å². The number of anilines is 1. The fraction of sp³-hybridized carbons (Fsp3) is 0.235. The van der Waals surface area contributed by atoms with Gasteiger partial charge in [-0.2, -0.15) is 0 Å². The number of nitrogens with zero attached hydrogens (tertiary/aromatic N) is 3. The lowest BCUT2D eigenvalue weighted by atomic mass is 10.1. The van der Waals surface area contributed by atoms with E-state index in [1.807, 2.05) is 19.1 Å². The number of aromatic nitrogens is 3. The molecule has 1 N–H and O–H groups in total. The fourth-order valence-electron chi connectivity index (χ4n) is 2.13. The van der Waals surface area contributed by atoms with E-state index in [9.17, 15) is 4.39 Å². The molecule has 0 unspecified atom stereocenters. The molecule has 2 aromatic heterocycles. The lowest BCUT2D eigenvalue weighted by Crippen LogP contribution is -1.97. The van der Waals surface area contributed by atoms with Crippen molar-refractivity contribution < 1.29 is 4.39 Å². The molecule has 0 atom stereocenters. The van der Waals surface area contributed by atoms with Crippen LogP contribution in [-0.4, -0.2) is 21.5 Å². The molecule has 2 heterocycles. The standard InChI is InChI=1S/C17H17FN4S/c1-3-7-20-17-21-10-15(23-17)14-6-8-19-16(22-14)12-5-4-11(2)9-13(12)18/h4-6,8-10H,3,7H2,1-2H3,(H,20,21). The third-order valence-corrected chi connectivity index (χ3v) is 4.28.